The topological polar surface area (TPSA) is 98.9 Å². The van der Waals surface area contributed by atoms with Gasteiger partial charge in [-0.25, -0.2) is 4.98 Å². The number of aryl methyl sites for hydroxylation is 1. The lowest BCUT2D eigenvalue weighted by atomic mass is 10.2. The van der Waals surface area contributed by atoms with E-state index in [2.05, 4.69) is 15.5 Å². The van der Waals surface area contributed by atoms with Crippen LogP contribution in [0.2, 0.25) is 0 Å². The Hall–Kier alpha value is -3.46. The molecule has 8 nitrogen and oxygen atoms in total. The molecule has 0 aliphatic rings. The standard InChI is InChI=1S/C19H18N4O4S/c1-13-12-28-19(21-13)22-20-10-15-5-8-17(18(9-15)26-2)27-11-14-3-6-16(7-4-14)23(24)25/h3-10,12H,11H2,1-2H3,(H,21,22). The number of non-ortho nitro benzene ring substituents is 1. The largest absolute Gasteiger partial charge is 0.493 e. The third-order valence-electron chi connectivity index (χ3n) is 3.72. The molecule has 0 amide bonds. The van der Waals surface area contributed by atoms with Crippen molar-refractivity contribution in [1.82, 2.24) is 4.98 Å². The molecule has 0 bridgehead atoms. The zero-order chi connectivity index (χ0) is 19.9. The minimum atomic E-state index is -0.432. The molecule has 1 aromatic heterocycles. The summed E-state index contributed by atoms with van der Waals surface area (Å²) in [6, 6.07) is 11.7. The first kappa shape index (κ1) is 19.3. The fraction of sp³-hybridized carbons (Fsp3) is 0.158. The molecule has 1 heterocycles. The second-order valence-corrected chi connectivity index (χ2v) is 6.64. The SMILES string of the molecule is COc1cc(C=NNc2nc(C)cs2)ccc1OCc1ccc([N+](=O)[O-])cc1. The van der Waals surface area contributed by atoms with E-state index in [1.54, 1.807) is 31.5 Å². The van der Waals surface area contributed by atoms with Crippen molar-refractivity contribution in [2.45, 2.75) is 13.5 Å². The van der Waals surface area contributed by atoms with Crippen LogP contribution in [0.5, 0.6) is 11.5 Å². The monoisotopic (exact) mass is 398 g/mol. The summed E-state index contributed by atoms with van der Waals surface area (Å²) >= 11 is 1.48. The Labute approximate surface area is 165 Å². The summed E-state index contributed by atoms with van der Waals surface area (Å²) in [6.07, 6.45) is 1.67. The van der Waals surface area contributed by atoms with Crippen LogP contribution in [0, 0.1) is 17.0 Å². The number of benzene rings is 2. The van der Waals surface area contributed by atoms with Crippen molar-refractivity contribution in [3.05, 3.63) is 74.8 Å². The predicted octanol–water partition coefficient (Wildman–Crippen LogP) is 4.39. The van der Waals surface area contributed by atoms with E-state index in [0.717, 1.165) is 22.0 Å². The van der Waals surface area contributed by atoms with Crippen molar-refractivity contribution < 1.29 is 14.4 Å². The number of methoxy groups -OCH3 is 1. The van der Waals surface area contributed by atoms with Crippen molar-refractivity contribution >= 4 is 28.4 Å². The van der Waals surface area contributed by atoms with Gasteiger partial charge in [-0.3, -0.25) is 15.5 Å². The van der Waals surface area contributed by atoms with Crippen molar-refractivity contribution in [2.24, 2.45) is 5.10 Å². The molecule has 9 heteroatoms. The molecule has 3 aromatic rings. The van der Waals surface area contributed by atoms with Crippen molar-refractivity contribution in [3.63, 3.8) is 0 Å². The maximum atomic E-state index is 10.7. The lowest BCUT2D eigenvalue weighted by Gasteiger charge is -2.11. The van der Waals surface area contributed by atoms with Gasteiger partial charge in [-0.2, -0.15) is 5.10 Å². The maximum Gasteiger partial charge on any atom is 0.269 e. The Kier molecular flexibility index (Phi) is 6.18. The van der Waals surface area contributed by atoms with Gasteiger partial charge < -0.3 is 9.47 Å². The summed E-state index contributed by atoms with van der Waals surface area (Å²) in [7, 11) is 1.56. The third kappa shape index (κ3) is 5.04. The van der Waals surface area contributed by atoms with Crippen LogP contribution in [0.25, 0.3) is 0 Å². The molecule has 0 radical (unpaired) electrons. The Bertz CT molecular complexity index is 986. The predicted molar refractivity (Wildman–Crippen MR) is 108 cm³/mol. The molecule has 0 fully saturated rings. The quantitative estimate of drug-likeness (QED) is 0.343. The molecule has 1 N–H and O–H groups in total. The van der Waals surface area contributed by atoms with Gasteiger partial charge >= 0.3 is 0 Å². The molecule has 0 spiro atoms. The number of nitrogens with zero attached hydrogens (tertiary/aromatic N) is 3. The number of hydrogen-bond donors (Lipinski definition) is 1. The second-order valence-electron chi connectivity index (χ2n) is 5.79. The van der Waals surface area contributed by atoms with Gasteiger partial charge in [0, 0.05) is 17.5 Å². The van der Waals surface area contributed by atoms with Gasteiger partial charge in [-0.1, -0.05) is 0 Å². The average Bonchev–Trinajstić information content (AvgIpc) is 3.12. The lowest BCUT2D eigenvalue weighted by molar-refractivity contribution is -0.384. The Morgan fingerprint density at radius 3 is 2.68 bits per heavy atom. The number of hydrogen-bond acceptors (Lipinski definition) is 8. The van der Waals surface area contributed by atoms with Gasteiger partial charge in [0.05, 0.1) is 23.9 Å². The highest BCUT2D eigenvalue weighted by Gasteiger charge is 2.08. The molecule has 0 aliphatic heterocycles. The van der Waals surface area contributed by atoms with Gasteiger partial charge in [0.25, 0.3) is 5.69 Å². The van der Waals surface area contributed by atoms with Gasteiger partial charge in [0.15, 0.2) is 11.5 Å². The maximum absolute atomic E-state index is 10.7. The van der Waals surface area contributed by atoms with Crippen LogP contribution in [0.15, 0.2) is 52.9 Å². The first-order chi connectivity index (χ1) is 13.5. The van der Waals surface area contributed by atoms with Crippen molar-refractivity contribution in [1.29, 1.82) is 0 Å². The molecule has 0 saturated heterocycles. The number of rotatable bonds is 8. The van der Waals surface area contributed by atoms with E-state index in [0.29, 0.717) is 11.5 Å². The van der Waals surface area contributed by atoms with E-state index in [4.69, 9.17) is 9.47 Å². The highest BCUT2D eigenvalue weighted by molar-refractivity contribution is 7.13. The smallest absolute Gasteiger partial charge is 0.269 e. The number of thiazole rings is 1. The van der Waals surface area contributed by atoms with Crippen LogP contribution in [-0.2, 0) is 6.61 Å². The number of anilines is 1. The Balaban J connectivity index is 1.63. The number of nitro groups is 1. The summed E-state index contributed by atoms with van der Waals surface area (Å²) in [5.41, 5.74) is 5.53. The number of hydrazone groups is 1. The normalized spacial score (nSPS) is 10.8. The van der Waals surface area contributed by atoms with Crippen LogP contribution in [0.4, 0.5) is 10.8 Å². The van der Waals surface area contributed by atoms with Crippen molar-refractivity contribution in [3.8, 4) is 11.5 Å². The van der Waals surface area contributed by atoms with Gasteiger partial charge in [0.2, 0.25) is 5.13 Å². The fourth-order valence-electron chi connectivity index (χ4n) is 2.33. The van der Waals surface area contributed by atoms with Crippen LogP contribution >= 0.6 is 11.3 Å². The van der Waals surface area contributed by atoms with Crippen LogP contribution in [-0.4, -0.2) is 23.2 Å². The summed E-state index contributed by atoms with van der Waals surface area (Å²) < 4.78 is 11.2. The van der Waals surface area contributed by atoms with E-state index >= 15 is 0 Å². The Morgan fingerprint density at radius 1 is 1.25 bits per heavy atom. The highest BCUT2D eigenvalue weighted by Crippen LogP contribution is 2.28. The highest BCUT2D eigenvalue weighted by atomic mass is 32.1. The van der Waals surface area contributed by atoms with E-state index in [9.17, 15) is 10.1 Å². The van der Waals surface area contributed by atoms with E-state index < -0.39 is 4.92 Å². The molecule has 0 atom stereocenters. The van der Waals surface area contributed by atoms with Crippen LogP contribution in [0.3, 0.4) is 0 Å². The zero-order valence-electron chi connectivity index (χ0n) is 15.3. The summed E-state index contributed by atoms with van der Waals surface area (Å²) in [6.45, 7) is 2.19. The lowest BCUT2D eigenvalue weighted by Crippen LogP contribution is -1.99. The van der Waals surface area contributed by atoms with E-state index in [-0.39, 0.29) is 12.3 Å². The molecule has 0 aliphatic carbocycles. The molecule has 0 unspecified atom stereocenters. The minimum Gasteiger partial charge on any atom is -0.493 e. The van der Waals surface area contributed by atoms with Gasteiger partial charge in [-0.15, -0.1) is 11.3 Å². The molecule has 144 valence electrons. The van der Waals surface area contributed by atoms with E-state index in [1.807, 2.05) is 24.4 Å². The molecule has 3 rings (SSSR count). The van der Waals surface area contributed by atoms with Crippen LogP contribution in [0.1, 0.15) is 16.8 Å². The number of aromatic nitrogens is 1. The summed E-state index contributed by atoms with van der Waals surface area (Å²) in [5.74, 6) is 1.14. The number of nitrogens with one attached hydrogen (secondary N) is 1. The Morgan fingerprint density at radius 2 is 2.04 bits per heavy atom. The summed E-state index contributed by atoms with van der Waals surface area (Å²) in [4.78, 5) is 14.5. The molecular weight excluding hydrogens is 380 g/mol. The average molecular weight is 398 g/mol. The molecule has 2 aromatic carbocycles. The van der Waals surface area contributed by atoms with E-state index in [1.165, 1.54) is 23.5 Å². The first-order valence-electron chi connectivity index (χ1n) is 8.30. The van der Waals surface area contributed by atoms with Crippen LogP contribution < -0.4 is 14.9 Å². The zero-order valence-corrected chi connectivity index (χ0v) is 16.1. The third-order valence-corrected chi connectivity index (χ3v) is 4.59. The van der Waals surface area contributed by atoms with Gasteiger partial charge in [0.1, 0.15) is 6.61 Å². The first-order valence-corrected chi connectivity index (χ1v) is 9.18. The minimum absolute atomic E-state index is 0.0477. The molecule has 0 saturated carbocycles. The summed E-state index contributed by atoms with van der Waals surface area (Å²) in [5, 5.41) is 17.5. The number of ether oxygens (including phenoxy) is 2. The van der Waals surface area contributed by atoms with Gasteiger partial charge in [-0.05, 0) is 48.4 Å². The number of nitro benzene ring substituents is 1. The molecule has 28 heavy (non-hydrogen) atoms. The molecular formula is C19H18N4O4S. The second kappa shape index (κ2) is 8.96. The van der Waals surface area contributed by atoms with Crippen molar-refractivity contribution in [2.75, 3.05) is 12.5 Å². The fourth-order valence-corrected chi connectivity index (χ4v) is 2.96.